The van der Waals surface area contributed by atoms with Crippen LogP contribution in [0.3, 0.4) is 0 Å². The van der Waals surface area contributed by atoms with Gasteiger partial charge in [-0.15, -0.1) is 0 Å². The highest BCUT2D eigenvalue weighted by atomic mass is 19.1. The number of hydrogen-bond donors (Lipinski definition) is 2. The summed E-state index contributed by atoms with van der Waals surface area (Å²) in [6.07, 6.45) is 4.88. The van der Waals surface area contributed by atoms with Gasteiger partial charge < -0.3 is 20.3 Å². The van der Waals surface area contributed by atoms with Crippen molar-refractivity contribution in [1.29, 1.82) is 0 Å². The van der Waals surface area contributed by atoms with Crippen LogP contribution in [0.1, 0.15) is 18.4 Å². The molecule has 3 aromatic heterocycles. The molecule has 0 radical (unpaired) electrons. The molecule has 204 valence electrons. The van der Waals surface area contributed by atoms with E-state index in [4.69, 9.17) is 4.74 Å². The van der Waals surface area contributed by atoms with Gasteiger partial charge in [0.15, 0.2) is 17.5 Å². The number of imidazole rings is 1. The second-order valence-corrected chi connectivity index (χ2v) is 10.1. The number of anilines is 2. The van der Waals surface area contributed by atoms with Crippen molar-refractivity contribution < 1.29 is 13.5 Å². The van der Waals surface area contributed by atoms with Gasteiger partial charge in [0.2, 0.25) is 5.82 Å². The minimum Gasteiger partial charge on any atom is -0.497 e. The van der Waals surface area contributed by atoms with E-state index >= 15 is 4.39 Å². The molecule has 2 fully saturated rings. The lowest BCUT2D eigenvalue weighted by molar-refractivity contribution is 0.248. The van der Waals surface area contributed by atoms with Gasteiger partial charge in [0.1, 0.15) is 22.9 Å². The van der Waals surface area contributed by atoms with Crippen LogP contribution in [0.4, 0.5) is 20.4 Å². The normalized spacial score (nSPS) is 18.4. The highest BCUT2D eigenvalue weighted by molar-refractivity contribution is 5.63. The second-order valence-electron chi connectivity index (χ2n) is 10.1. The molecule has 5 heterocycles. The summed E-state index contributed by atoms with van der Waals surface area (Å²) in [6, 6.07) is 11.1. The largest absolute Gasteiger partial charge is 0.497 e. The average Bonchev–Trinajstić information content (AvgIpc) is 3.39. The SMILES string of the molecule is COc1ccc(CN2CCN(c3nc(-c4cnc5ccc(F)cn45)nc(NC4CCCNC4)c3F)CC2)cc1. The molecule has 39 heavy (non-hydrogen) atoms. The molecule has 1 atom stereocenters. The first-order valence-electron chi connectivity index (χ1n) is 13.4. The number of rotatable bonds is 7. The fourth-order valence-corrected chi connectivity index (χ4v) is 5.25. The monoisotopic (exact) mass is 534 g/mol. The number of benzene rings is 1. The molecule has 0 saturated carbocycles. The molecule has 2 aliphatic rings. The lowest BCUT2D eigenvalue weighted by atomic mass is 10.1. The Morgan fingerprint density at radius 1 is 1.05 bits per heavy atom. The fraction of sp³-hybridized carbons (Fsp3) is 0.393. The number of hydrogen-bond acceptors (Lipinski definition) is 8. The number of halogens is 2. The third kappa shape index (κ3) is 5.50. The number of fused-ring (bicyclic) bond motifs is 1. The van der Waals surface area contributed by atoms with Gasteiger partial charge in [0, 0.05) is 51.5 Å². The molecule has 9 nitrogen and oxygen atoms in total. The summed E-state index contributed by atoms with van der Waals surface area (Å²) in [4.78, 5) is 17.9. The van der Waals surface area contributed by atoms with Crippen LogP contribution < -0.4 is 20.3 Å². The van der Waals surface area contributed by atoms with Gasteiger partial charge >= 0.3 is 0 Å². The highest BCUT2D eigenvalue weighted by Crippen LogP contribution is 2.29. The fourth-order valence-electron chi connectivity index (χ4n) is 5.25. The molecular weight excluding hydrogens is 502 g/mol. The number of aromatic nitrogens is 4. The Morgan fingerprint density at radius 2 is 1.87 bits per heavy atom. The highest BCUT2D eigenvalue weighted by Gasteiger charge is 2.26. The second kappa shape index (κ2) is 11.1. The molecule has 0 spiro atoms. The van der Waals surface area contributed by atoms with Gasteiger partial charge in [-0.3, -0.25) is 9.30 Å². The van der Waals surface area contributed by atoms with Gasteiger partial charge in [0.05, 0.1) is 13.3 Å². The van der Waals surface area contributed by atoms with Gasteiger partial charge in [-0.25, -0.2) is 19.3 Å². The lowest BCUT2D eigenvalue weighted by Gasteiger charge is -2.36. The predicted molar refractivity (Wildman–Crippen MR) is 146 cm³/mol. The Bertz CT molecular complexity index is 1430. The van der Waals surface area contributed by atoms with E-state index in [1.165, 1.54) is 17.8 Å². The summed E-state index contributed by atoms with van der Waals surface area (Å²) < 4.78 is 36.9. The van der Waals surface area contributed by atoms with Gasteiger partial charge in [-0.05, 0) is 49.2 Å². The third-order valence-electron chi connectivity index (χ3n) is 7.41. The number of ether oxygens (including phenoxy) is 1. The number of pyridine rings is 1. The van der Waals surface area contributed by atoms with E-state index in [0.29, 0.717) is 30.3 Å². The zero-order valence-corrected chi connectivity index (χ0v) is 21.9. The van der Waals surface area contributed by atoms with E-state index in [1.807, 2.05) is 17.0 Å². The summed E-state index contributed by atoms with van der Waals surface area (Å²) >= 11 is 0. The summed E-state index contributed by atoms with van der Waals surface area (Å²) in [5, 5.41) is 6.65. The minimum atomic E-state index is -0.465. The zero-order chi connectivity index (χ0) is 26.8. The first-order chi connectivity index (χ1) is 19.1. The Kier molecular flexibility index (Phi) is 7.25. The Labute approximate surface area is 225 Å². The van der Waals surface area contributed by atoms with Crippen LogP contribution in [-0.2, 0) is 6.54 Å². The van der Waals surface area contributed by atoms with Gasteiger partial charge in [-0.1, -0.05) is 12.1 Å². The van der Waals surface area contributed by atoms with Crippen molar-refractivity contribution in [2.45, 2.75) is 25.4 Å². The number of piperidine rings is 1. The molecule has 4 aromatic rings. The standard InChI is InChI=1S/C28H32F2N8O/c1-39-22-7-4-19(5-8-22)17-36-11-13-37(14-12-36)28-25(30)27(33-21-3-2-10-31-15-21)34-26(35-28)23-16-32-24-9-6-20(29)18-38(23)24/h4-9,16,18,21,31H,2-3,10-15,17H2,1H3,(H,33,34,35). The maximum Gasteiger partial charge on any atom is 0.207 e. The van der Waals surface area contributed by atoms with Crippen molar-refractivity contribution in [3.63, 3.8) is 0 Å². The molecule has 2 saturated heterocycles. The van der Waals surface area contributed by atoms with Gasteiger partial charge in [0.25, 0.3) is 0 Å². The van der Waals surface area contributed by atoms with E-state index in [9.17, 15) is 4.39 Å². The van der Waals surface area contributed by atoms with Crippen LogP contribution in [0, 0.1) is 11.6 Å². The van der Waals surface area contributed by atoms with Crippen LogP contribution in [0.5, 0.6) is 5.75 Å². The summed E-state index contributed by atoms with van der Waals surface area (Å²) in [6.45, 7) is 5.27. The van der Waals surface area contributed by atoms with Crippen molar-refractivity contribution in [2.24, 2.45) is 0 Å². The Morgan fingerprint density at radius 3 is 2.62 bits per heavy atom. The third-order valence-corrected chi connectivity index (χ3v) is 7.41. The maximum absolute atomic E-state index is 16.0. The molecule has 0 amide bonds. The zero-order valence-electron chi connectivity index (χ0n) is 21.9. The van der Waals surface area contributed by atoms with Crippen LogP contribution in [0.15, 0.2) is 48.8 Å². The molecule has 0 aliphatic carbocycles. The first kappa shape index (κ1) is 25.4. The van der Waals surface area contributed by atoms with E-state index in [2.05, 4.69) is 42.6 Å². The molecule has 1 aromatic carbocycles. The van der Waals surface area contributed by atoms with Crippen LogP contribution in [-0.4, -0.2) is 76.7 Å². The van der Waals surface area contributed by atoms with Crippen LogP contribution >= 0.6 is 0 Å². The molecule has 2 aliphatic heterocycles. The van der Waals surface area contributed by atoms with Crippen molar-refractivity contribution in [3.05, 3.63) is 66.0 Å². The van der Waals surface area contributed by atoms with Crippen LogP contribution in [0.2, 0.25) is 0 Å². The molecular formula is C28H32F2N8O. The lowest BCUT2D eigenvalue weighted by Crippen LogP contribution is -2.46. The van der Waals surface area contributed by atoms with E-state index in [-0.39, 0.29) is 17.7 Å². The number of nitrogens with one attached hydrogen (secondary N) is 2. The molecule has 0 bridgehead atoms. The maximum atomic E-state index is 16.0. The topological polar surface area (TPSA) is 82.9 Å². The number of methoxy groups -OCH3 is 1. The Balaban J connectivity index is 1.27. The van der Waals surface area contributed by atoms with Gasteiger partial charge in [-0.2, -0.15) is 4.39 Å². The summed E-state index contributed by atoms with van der Waals surface area (Å²) in [7, 11) is 1.66. The van der Waals surface area contributed by atoms with Crippen molar-refractivity contribution >= 4 is 17.3 Å². The quantitative estimate of drug-likeness (QED) is 0.373. The number of piperazine rings is 1. The molecule has 2 N–H and O–H groups in total. The Hall–Kier alpha value is -3.83. The van der Waals surface area contributed by atoms with Crippen molar-refractivity contribution in [2.75, 3.05) is 56.6 Å². The summed E-state index contributed by atoms with van der Waals surface area (Å²) in [5.74, 6) is 0.686. The molecule has 6 rings (SSSR count). The molecule has 11 heteroatoms. The van der Waals surface area contributed by atoms with E-state index in [0.717, 1.165) is 51.3 Å². The van der Waals surface area contributed by atoms with E-state index < -0.39 is 11.6 Å². The predicted octanol–water partition coefficient (Wildman–Crippen LogP) is 3.56. The smallest absolute Gasteiger partial charge is 0.207 e. The van der Waals surface area contributed by atoms with E-state index in [1.54, 1.807) is 23.8 Å². The number of nitrogens with zero attached hydrogens (tertiary/aromatic N) is 6. The van der Waals surface area contributed by atoms with Crippen molar-refractivity contribution in [3.8, 4) is 17.3 Å². The minimum absolute atomic E-state index is 0.0600. The van der Waals surface area contributed by atoms with Crippen LogP contribution in [0.25, 0.3) is 17.2 Å². The van der Waals surface area contributed by atoms with Crippen molar-refractivity contribution in [1.82, 2.24) is 29.6 Å². The summed E-state index contributed by atoms with van der Waals surface area (Å²) in [5.41, 5.74) is 2.28. The molecule has 1 unspecified atom stereocenters. The average molecular weight is 535 g/mol. The first-order valence-corrected chi connectivity index (χ1v) is 13.4.